The van der Waals surface area contributed by atoms with E-state index in [2.05, 4.69) is 0 Å². The number of carbonyl (C=O) groups excluding carboxylic acids is 1. The summed E-state index contributed by atoms with van der Waals surface area (Å²) < 4.78 is 5.09. The van der Waals surface area contributed by atoms with E-state index in [1.54, 1.807) is 13.2 Å². The Morgan fingerprint density at radius 1 is 1.05 bits per heavy atom. The van der Waals surface area contributed by atoms with Crippen molar-refractivity contribution in [1.82, 2.24) is 0 Å². The number of carbonyl (C=O) groups is 1. The van der Waals surface area contributed by atoms with Gasteiger partial charge in [-0.3, -0.25) is 4.79 Å². The Morgan fingerprint density at radius 2 is 1.68 bits per heavy atom. The zero-order chi connectivity index (χ0) is 13.7. The van der Waals surface area contributed by atoms with Crippen LogP contribution in [0.3, 0.4) is 0 Å². The molecule has 0 radical (unpaired) electrons. The van der Waals surface area contributed by atoms with Gasteiger partial charge in [-0.1, -0.05) is 42.5 Å². The topological polar surface area (TPSA) is 52.3 Å². The number of ether oxygens (including phenoxy) is 1. The monoisotopic (exact) mass is 253 g/mol. The van der Waals surface area contributed by atoms with E-state index in [4.69, 9.17) is 10.5 Å². The van der Waals surface area contributed by atoms with E-state index in [0.29, 0.717) is 5.57 Å². The van der Waals surface area contributed by atoms with Crippen LogP contribution in [0.4, 0.5) is 0 Å². The van der Waals surface area contributed by atoms with Gasteiger partial charge < -0.3 is 10.5 Å². The Balaban J connectivity index is 2.38. The van der Waals surface area contributed by atoms with Gasteiger partial charge in [0.15, 0.2) is 0 Å². The molecular formula is C16H15NO2. The quantitative estimate of drug-likeness (QED) is 0.672. The Hall–Kier alpha value is -2.55. The van der Waals surface area contributed by atoms with Gasteiger partial charge in [0.25, 0.3) is 0 Å². The minimum Gasteiger partial charge on any atom is -0.497 e. The molecule has 0 aromatic heterocycles. The van der Waals surface area contributed by atoms with Crippen molar-refractivity contribution in [1.29, 1.82) is 0 Å². The molecule has 0 aliphatic rings. The van der Waals surface area contributed by atoms with E-state index < -0.39 is 5.91 Å². The molecule has 19 heavy (non-hydrogen) atoms. The molecule has 0 fully saturated rings. The third kappa shape index (κ3) is 3.22. The normalized spacial score (nSPS) is 11.1. The van der Waals surface area contributed by atoms with Gasteiger partial charge in [-0.25, -0.2) is 0 Å². The zero-order valence-electron chi connectivity index (χ0n) is 10.7. The number of nitrogens with two attached hydrogens (primary N) is 1. The predicted molar refractivity (Wildman–Crippen MR) is 76.5 cm³/mol. The van der Waals surface area contributed by atoms with E-state index in [9.17, 15) is 4.79 Å². The number of methoxy groups -OCH3 is 1. The average Bonchev–Trinajstić information content (AvgIpc) is 2.46. The van der Waals surface area contributed by atoms with Crippen molar-refractivity contribution in [3.05, 3.63) is 65.7 Å². The van der Waals surface area contributed by atoms with Crippen molar-refractivity contribution in [3.8, 4) is 5.75 Å². The summed E-state index contributed by atoms with van der Waals surface area (Å²) in [5, 5.41) is 0. The van der Waals surface area contributed by atoms with E-state index in [1.807, 2.05) is 54.6 Å². The van der Waals surface area contributed by atoms with Gasteiger partial charge in [0.1, 0.15) is 5.75 Å². The van der Waals surface area contributed by atoms with Gasteiger partial charge in [-0.2, -0.15) is 0 Å². The number of hydrogen-bond donors (Lipinski definition) is 1. The summed E-state index contributed by atoms with van der Waals surface area (Å²) in [6.07, 6.45) is 1.77. The lowest BCUT2D eigenvalue weighted by Crippen LogP contribution is -2.12. The molecule has 96 valence electrons. The van der Waals surface area contributed by atoms with Crippen molar-refractivity contribution >= 4 is 17.6 Å². The lowest BCUT2D eigenvalue weighted by atomic mass is 10.0. The van der Waals surface area contributed by atoms with Crippen molar-refractivity contribution in [2.75, 3.05) is 7.11 Å². The first-order valence-corrected chi connectivity index (χ1v) is 5.91. The van der Waals surface area contributed by atoms with Gasteiger partial charge in [0, 0.05) is 5.57 Å². The molecule has 2 aromatic rings. The first-order chi connectivity index (χ1) is 9.20. The highest BCUT2D eigenvalue weighted by atomic mass is 16.5. The minimum atomic E-state index is -0.443. The summed E-state index contributed by atoms with van der Waals surface area (Å²) in [5.41, 5.74) is 7.64. The molecular weight excluding hydrogens is 238 g/mol. The van der Waals surface area contributed by atoms with Crippen LogP contribution in [0.15, 0.2) is 54.6 Å². The van der Waals surface area contributed by atoms with Crippen molar-refractivity contribution in [3.63, 3.8) is 0 Å². The number of primary amides is 1. The smallest absolute Gasteiger partial charge is 0.249 e. The molecule has 3 nitrogen and oxygen atoms in total. The summed E-state index contributed by atoms with van der Waals surface area (Å²) >= 11 is 0. The predicted octanol–water partition coefficient (Wildman–Crippen LogP) is 2.72. The standard InChI is InChI=1S/C16H15NO2/c1-19-14-9-7-12(8-10-14)11-15(16(17)18)13-5-3-2-4-6-13/h2-11H,1H3,(H2,17,18)/b15-11+. The third-order valence-electron chi connectivity index (χ3n) is 2.78. The van der Waals surface area contributed by atoms with Gasteiger partial charge in [0.2, 0.25) is 5.91 Å². The van der Waals surface area contributed by atoms with Crippen LogP contribution in [-0.4, -0.2) is 13.0 Å². The number of benzene rings is 2. The Labute approximate surface area is 112 Å². The maximum atomic E-state index is 11.6. The molecule has 0 heterocycles. The molecule has 3 heteroatoms. The van der Waals surface area contributed by atoms with Crippen LogP contribution in [0.2, 0.25) is 0 Å². The fourth-order valence-electron chi connectivity index (χ4n) is 1.78. The van der Waals surface area contributed by atoms with Gasteiger partial charge in [-0.15, -0.1) is 0 Å². The highest BCUT2D eigenvalue weighted by Crippen LogP contribution is 2.19. The SMILES string of the molecule is COc1ccc(/C=C(/C(N)=O)c2ccccc2)cc1. The van der Waals surface area contributed by atoms with E-state index >= 15 is 0 Å². The van der Waals surface area contributed by atoms with Crippen molar-refractivity contribution < 1.29 is 9.53 Å². The van der Waals surface area contributed by atoms with E-state index in [-0.39, 0.29) is 0 Å². The van der Waals surface area contributed by atoms with Crippen LogP contribution in [0.5, 0.6) is 5.75 Å². The van der Waals surface area contributed by atoms with Crippen LogP contribution in [0.1, 0.15) is 11.1 Å². The van der Waals surface area contributed by atoms with Gasteiger partial charge in [-0.05, 0) is 29.3 Å². The van der Waals surface area contributed by atoms with E-state index in [0.717, 1.165) is 16.9 Å². The molecule has 2 N–H and O–H groups in total. The first-order valence-electron chi connectivity index (χ1n) is 5.91. The van der Waals surface area contributed by atoms with Gasteiger partial charge >= 0.3 is 0 Å². The summed E-state index contributed by atoms with van der Waals surface area (Å²) in [7, 11) is 1.61. The number of amides is 1. The molecule has 0 spiro atoms. The van der Waals surface area contributed by atoms with Crippen LogP contribution < -0.4 is 10.5 Å². The second-order valence-corrected chi connectivity index (χ2v) is 4.06. The average molecular weight is 253 g/mol. The molecule has 0 saturated carbocycles. The fraction of sp³-hybridized carbons (Fsp3) is 0.0625. The van der Waals surface area contributed by atoms with Crippen LogP contribution >= 0.6 is 0 Å². The van der Waals surface area contributed by atoms with Crippen LogP contribution in [0.25, 0.3) is 11.6 Å². The molecule has 0 atom stereocenters. The Bertz CT molecular complexity index is 586. The third-order valence-corrected chi connectivity index (χ3v) is 2.78. The highest BCUT2D eigenvalue weighted by Gasteiger charge is 2.07. The fourth-order valence-corrected chi connectivity index (χ4v) is 1.78. The Kier molecular flexibility index (Phi) is 3.98. The molecule has 2 rings (SSSR count). The molecule has 0 unspecified atom stereocenters. The zero-order valence-corrected chi connectivity index (χ0v) is 10.7. The molecule has 0 saturated heterocycles. The minimum absolute atomic E-state index is 0.443. The largest absolute Gasteiger partial charge is 0.497 e. The highest BCUT2D eigenvalue weighted by molar-refractivity contribution is 6.23. The van der Waals surface area contributed by atoms with Gasteiger partial charge in [0.05, 0.1) is 7.11 Å². The lowest BCUT2D eigenvalue weighted by Gasteiger charge is -2.04. The van der Waals surface area contributed by atoms with E-state index in [1.165, 1.54) is 0 Å². The molecule has 0 aliphatic heterocycles. The first kappa shape index (κ1) is 12.9. The van der Waals surface area contributed by atoms with Crippen LogP contribution in [0, 0.1) is 0 Å². The second kappa shape index (κ2) is 5.87. The molecule has 2 aromatic carbocycles. The molecule has 1 amide bonds. The maximum absolute atomic E-state index is 11.6. The number of rotatable bonds is 4. The van der Waals surface area contributed by atoms with Crippen LogP contribution in [-0.2, 0) is 4.79 Å². The summed E-state index contributed by atoms with van der Waals surface area (Å²) in [6, 6.07) is 16.8. The summed E-state index contributed by atoms with van der Waals surface area (Å²) in [5.74, 6) is 0.333. The maximum Gasteiger partial charge on any atom is 0.249 e. The molecule has 0 bridgehead atoms. The lowest BCUT2D eigenvalue weighted by molar-refractivity contribution is -0.112. The second-order valence-electron chi connectivity index (χ2n) is 4.06. The summed E-state index contributed by atoms with van der Waals surface area (Å²) in [6.45, 7) is 0. The summed E-state index contributed by atoms with van der Waals surface area (Å²) in [4.78, 5) is 11.6. The van der Waals surface area contributed by atoms with Crippen molar-refractivity contribution in [2.45, 2.75) is 0 Å². The van der Waals surface area contributed by atoms with Crippen molar-refractivity contribution in [2.24, 2.45) is 5.73 Å². The Morgan fingerprint density at radius 3 is 2.21 bits per heavy atom. The molecule has 0 aliphatic carbocycles. The number of hydrogen-bond acceptors (Lipinski definition) is 2.